The van der Waals surface area contributed by atoms with Gasteiger partial charge in [0, 0.05) is 12.8 Å². The number of phosphoric ester groups is 1. The fraction of sp³-hybridized carbons (Fsp3) is 0.939. The van der Waals surface area contributed by atoms with Crippen molar-refractivity contribution in [2.24, 2.45) is 0 Å². The topological polar surface area (TPSA) is 149 Å². The van der Waals surface area contributed by atoms with Crippen molar-refractivity contribution >= 4 is 19.8 Å². The third-order valence-electron chi connectivity index (χ3n) is 7.57. The molecule has 0 amide bonds. The first-order chi connectivity index (χ1) is 21.3. The van der Waals surface area contributed by atoms with E-state index in [9.17, 15) is 29.3 Å². The zero-order valence-electron chi connectivity index (χ0n) is 27.9. The SMILES string of the molecule is CCCCCCCCCCCCCCCCC(=O)OC(CO)COP(=O)(O)OCC(CO)OC(=O)CCCCCCCCC. The maximum Gasteiger partial charge on any atom is 0.472 e. The van der Waals surface area contributed by atoms with Crippen molar-refractivity contribution in [3.8, 4) is 0 Å². The van der Waals surface area contributed by atoms with E-state index < -0.39 is 58.4 Å². The number of hydrogen-bond donors (Lipinski definition) is 3. The van der Waals surface area contributed by atoms with Gasteiger partial charge in [0.2, 0.25) is 0 Å². The minimum absolute atomic E-state index is 0.195. The first-order valence-corrected chi connectivity index (χ1v) is 19.0. The van der Waals surface area contributed by atoms with Crippen molar-refractivity contribution in [1.82, 2.24) is 0 Å². The van der Waals surface area contributed by atoms with Crippen LogP contribution in [-0.2, 0) is 32.7 Å². The summed E-state index contributed by atoms with van der Waals surface area (Å²) in [5, 5.41) is 19.0. The second-order valence-corrected chi connectivity index (χ2v) is 13.3. The summed E-state index contributed by atoms with van der Waals surface area (Å²) < 4.78 is 32.2. The van der Waals surface area contributed by atoms with Gasteiger partial charge >= 0.3 is 19.8 Å². The van der Waals surface area contributed by atoms with Crippen molar-refractivity contribution in [3.05, 3.63) is 0 Å². The van der Waals surface area contributed by atoms with E-state index in [0.29, 0.717) is 12.8 Å². The highest BCUT2D eigenvalue weighted by atomic mass is 31.2. The van der Waals surface area contributed by atoms with Gasteiger partial charge in [0.05, 0.1) is 26.4 Å². The van der Waals surface area contributed by atoms with E-state index in [0.717, 1.165) is 38.5 Å². The molecule has 3 unspecified atom stereocenters. The summed E-state index contributed by atoms with van der Waals surface area (Å²) in [7, 11) is -4.61. The summed E-state index contributed by atoms with van der Waals surface area (Å²) in [4.78, 5) is 34.1. The standard InChI is InChI=1S/C33H65O10P/c1-3-5-7-9-11-12-13-14-15-16-17-19-21-23-25-33(37)43-31(27-35)29-41-44(38,39)40-28-30(26-34)42-32(36)24-22-20-18-10-8-6-4-2/h30-31,34-35H,3-29H2,1-2H3,(H,38,39). The normalized spacial score (nSPS) is 14.2. The zero-order valence-corrected chi connectivity index (χ0v) is 28.8. The molecular weight excluding hydrogens is 587 g/mol. The molecule has 3 N–H and O–H groups in total. The van der Waals surface area contributed by atoms with E-state index in [1.165, 1.54) is 83.5 Å². The summed E-state index contributed by atoms with van der Waals surface area (Å²) >= 11 is 0. The predicted octanol–water partition coefficient (Wildman–Crippen LogP) is 7.94. The molecule has 0 aliphatic rings. The summed E-state index contributed by atoms with van der Waals surface area (Å²) in [6, 6.07) is 0. The number of hydrogen-bond acceptors (Lipinski definition) is 9. The maximum atomic E-state index is 12.2. The first-order valence-electron chi connectivity index (χ1n) is 17.5. The number of aliphatic hydroxyl groups is 2. The molecule has 0 bridgehead atoms. The van der Waals surface area contributed by atoms with Gasteiger partial charge in [-0.1, -0.05) is 136 Å². The predicted molar refractivity (Wildman–Crippen MR) is 173 cm³/mol. The molecular formula is C33H65O10P. The van der Waals surface area contributed by atoms with Crippen molar-refractivity contribution in [2.75, 3.05) is 26.4 Å². The minimum atomic E-state index is -4.61. The molecule has 0 aliphatic heterocycles. The van der Waals surface area contributed by atoms with Crippen LogP contribution in [0.1, 0.15) is 162 Å². The Morgan fingerprint density at radius 2 is 0.795 bits per heavy atom. The molecule has 44 heavy (non-hydrogen) atoms. The smallest absolute Gasteiger partial charge is 0.457 e. The van der Waals surface area contributed by atoms with Crippen LogP contribution in [0, 0.1) is 0 Å². The van der Waals surface area contributed by atoms with E-state index in [4.69, 9.17) is 18.5 Å². The van der Waals surface area contributed by atoms with E-state index >= 15 is 0 Å². The molecule has 3 atom stereocenters. The Bertz CT molecular complexity index is 721. The monoisotopic (exact) mass is 652 g/mol. The van der Waals surface area contributed by atoms with E-state index in [1.807, 2.05) is 0 Å². The molecule has 262 valence electrons. The molecule has 0 saturated heterocycles. The number of phosphoric acid groups is 1. The average molecular weight is 653 g/mol. The Labute approximate surface area is 267 Å². The van der Waals surface area contributed by atoms with E-state index in [-0.39, 0.29) is 12.8 Å². The number of aliphatic hydroxyl groups excluding tert-OH is 2. The van der Waals surface area contributed by atoms with Gasteiger partial charge in [-0.25, -0.2) is 4.57 Å². The maximum absolute atomic E-state index is 12.2. The Hall–Kier alpha value is -1.03. The second-order valence-electron chi connectivity index (χ2n) is 11.9. The lowest BCUT2D eigenvalue weighted by atomic mass is 10.0. The van der Waals surface area contributed by atoms with Gasteiger partial charge in [-0.3, -0.25) is 18.6 Å². The number of esters is 2. The lowest BCUT2D eigenvalue weighted by Crippen LogP contribution is -2.28. The minimum Gasteiger partial charge on any atom is -0.457 e. The highest BCUT2D eigenvalue weighted by Gasteiger charge is 2.27. The third-order valence-corrected chi connectivity index (χ3v) is 8.52. The fourth-order valence-corrected chi connectivity index (χ4v) is 5.60. The van der Waals surface area contributed by atoms with Gasteiger partial charge in [0.15, 0.2) is 0 Å². The van der Waals surface area contributed by atoms with Gasteiger partial charge in [-0.15, -0.1) is 0 Å². The van der Waals surface area contributed by atoms with Crippen LogP contribution in [0.15, 0.2) is 0 Å². The summed E-state index contributed by atoms with van der Waals surface area (Å²) in [6.45, 7) is 2.14. The van der Waals surface area contributed by atoms with Crippen LogP contribution in [0.25, 0.3) is 0 Å². The van der Waals surface area contributed by atoms with Crippen LogP contribution < -0.4 is 0 Å². The zero-order chi connectivity index (χ0) is 32.7. The number of unbranched alkanes of at least 4 members (excludes halogenated alkanes) is 19. The Morgan fingerprint density at radius 3 is 1.07 bits per heavy atom. The van der Waals surface area contributed by atoms with Crippen LogP contribution in [0.2, 0.25) is 0 Å². The van der Waals surface area contributed by atoms with Gasteiger partial charge in [-0.2, -0.15) is 0 Å². The number of carbonyl (C=O) groups is 2. The van der Waals surface area contributed by atoms with Crippen molar-refractivity contribution in [3.63, 3.8) is 0 Å². The first kappa shape index (κ1) is 43.0. The van der Waals surface area contributed by atoms with E-state index in [2.05, 4.69) is 13.8 Å². The van der Waals surface area contributed by atoms with Gasteiger partial charge in [-0.05, 0) is 12.8 Å². The van der Waals surface area contributed by atoms with Crippen molar-refractivity contribution in [2.45, 2.75) is 174 Å². The number of carbonyl (C=O) groups excluding carboxylic acids is 2. The molecule has 11 heteroatoms. The number of ether oxygens (including phenoxy) is 2. The molecule has 0 heterocycles. The summed E-state index contributed by atoms with van der Waals surface area (Å²) in [5.74, 6) is -1.02. The highest BCUT2D eigenvalue weighted by Crippen LogP contribution is 2.43. The fourth-order valence-electron chi connectivity index (χ4n) is 4.82. The van der Waals surface area contributed by atoms with Gasteiger partial charge in [0.25, 0.3) is 0 Å². The molecule has 0 aromatic rings. The molecule has 0 saturated carbocycles. The largest absolute Gasteiger partial charge is 0.472 e. The molecule has 0 aromatic heterocycles. The lowest BCUT2D eigenvalue weighted by Gasteiger charge is -2.20. The Balaban J connectivity index is 3.97. The van der Waals surface area contributed by atoms with Crippen LogP contribution in [-0.4, -0.2) is 65.7 Å². The van der Waals surface area contributed by atoms with Crippen LogP contribution in [0.4, 0.5) is 0 Å². The molecule has 0 radical (unpaired) electrons. The Kier molecular flexibility index (Phi) is 29.9. The van der Waals surface area contributed by atoms with Crippen molar-refractivity contribution in [1.29, 1.82) is 0 Å². The molecule has 0 aliphatic carbocycles. The van der Waals surface area contributed by atoms with Crippen LogP contribution in [0.5, 0.6) is 0 Å². The molecule has 0 aromatic carbocycles. The van der Waals surface area contributed by atoms with Crippen molar-refractivity contribution < 1.29 is 47.8 Å². The summed E-state index contributed by atoms with van der Waals surface area (Å²) in [5.41, 5.74) is 0. The van der Waals surface area contributed by atoms with Crippen LogP contribution in [0.3, 0.4) is 0 Å². The quantitative estimate of drug-likeness (QED) is 0.0362. The second kappa shape index (κ2) is 30.6. The molecule has 0 rings (SSSR count). The molecule has 10 nitrogen and oxygen atoms in total. The van der Waals surface area contributed by atoms with Crippen LogP contribution >= 0.6 is 7.82 Å². The van der Waals surface area contributed by atoms with E-state index in [1.54, 1.807) is 0 Å². The van der Waals surface area contributed by atoms with Gasteiger partial charge in [0.1, 0.15) is 12.2 Å². The number of rotatable bonds is 33. The molecule has 0 spiro atoms. The average Bonchev–Trinajstić information content (AvgIpc) is 3.01. The molecule has 0 fully saturated rings. The third kappa shape index (κ3) is 28.4. The summed E-state index contributed by atoms with van der Waals surface area (Å²) in [6.07, 6.45) is 22.5. The Morgan fingerprint density at radius 1 is 0.523 bits per heavy atom. The van der Waals surface area contributed by atoms with Gasteiger partial charge < -0.3 is 24.6 Å². The lowest BCUT2D eigenvalue weighted by molar-refractivity contribution is -0.153. The highest BCUT2D eigenvalue weighted by molar-refractivity contribution is 7.47.